The molecule has 4 N–H and O–H groups in total. The van der Waals surface area contributed by atoms with Crippen molar-refractivity contribution in [3.63, 3.8) is 0 Å². The van der Waals surface area contributed by atoms with Gasteiger partial charge in [0.25, 0.3) is 0 Å². The van der Waals surface area contributed by atoms with E-state index in [2.05, 4.69) is 126 Å². The van der Waals surface area contributed by atoms with Gasteiger partial charge in [0.2, 0.25) is 0 Å². The number of nitrogens with one attached hydrogen (secondary N) is 4. The maximum absolute atomic E-state index is 3.54. The molecule has 4 aromatic rings. The Hall–Kier alpha value is -1.94. The molecule has 0 unspecified atom stereocenters. The van der Waals surface area contributed by atoms with E-state index >= 15 is 0 Å². The van der Waals surface area contributed by atoms with Gasteiger partial charge >= 0.3 is 0 Å². The summed E-state index contributed by atoms with van der Waals surface area (Å²) < 4.78 is 2.33. The predicted octanol–water partition coefficient (Wildman–Crippen LogP) is 2.15. The van der Waals surface area contributed by atoms with Crippen molar-refractivity contribution in [2.24, 2.45) is 0 Å². The van der Waals surface area contributed by atoms with Crippen LogP contribution >= 0.6 is 45.2 Å². The predicted molar refractivity (Wildman–Crippen MR) is 122 cm³/mol. The van der Waals surface area contributed by atoms with Crippen molar-refractivity contribution in [1.29, 1.82) is 0 Å². The number of aromatic amines is 4. The van der Waals surface area contributed by atoms with E-state index in [1.54, 1.807) is 0 Å². The van der Waals surface area contributed by atoms with Crippen LogP contribution in [0.25, 0.3) is 19.3 Å². The Morgan fingerprint density at radius 3 is 1.50 bits per heavy atom. The van der Waals surface area contributed by atoms with Crippen molar-refractivity contribution in [3.05, 3.63) is 92.7 Å². The van der Waals surface area contributed by atoms with Crippen LogP contribution in [0.4, 0.5) is 0 Å². The second-order valence-electron chi connectivity index (χ2n) is 6.23. The first-order chi connectivity index (χ1) is 12.7. The minimum atomic E-state index is 1.07. The average Bonchev–Trinajstić information content (AvgIpc) is 3.41. The van der Waals surface area contributed by atoms with Crippen LogP contribution in [-0.4, -0.2) is 19.9 Å². The second kappa shape index (κ2) is 6.34. The number of aromatic nitrogens is 4. The molecule has 0 aromatic carbocycles. The number of rotatable bonds is 0. The summed E-state index contributed by atoms with van der Waals surface area (Å²) in [7, 11) is 0. The maximum Gasteiger partial charge on any atom is 0.0600 e. The SMILES string of the molecule is IC1=c2ccc([nH]2)=C(I)c2ccc([nH]2)C=c2ccc([nH]2)=Cc2ccc1[nH]2. The molecule has 4 aromatic heterocycles. The van der Waals surface area contributed by atoms with Gasteiger partial charge in [0.05, 0.1) is 29.2 Å². The zero-order chi connectivity index (χ0) is 17.7. The van der Waals surface area contributed by atoms with Crippen molar-refractivity contribution >= 4 is 64.5 Å². The second-order valence-corrected chi connectivity index (χ2v) is 8.38. The Morgan fingerprint density at radius 2 is 1.00 bits per heavy atom. The third-order valence-corrected chi connectivity index (χ3v) is 6.73. The highest BCUT2D eigenvalue weighted by Crippen LogP contribution is 2.19. The van der Waals surface area contributed by atoms with E-state index in [0.717, 1.165) is 51.3 Å². The number of hydrogen-bond donors (Lipinski definition) is 4. The van der Waals surface area contributed by atoms with E-state index in [1.807, 2.05) is 0 Å². The third kappa shape index (κ3) is 2.90. The Morgan fingerprint density at radius 1 is 0.500 bits per heavy atom. The van der Waals surface area contributed by atoms with E-state index in [0.29, 0.717) is 0 Å². The number of halogens is 2. The van der Waals surface area contributed by atoms with Crippen LogP contribution in [0.3, 0.4) is 0 Å². The maximum atomic E-state index is 3.54. The monoisotopic (exact) mass is 564 g/mol. The molecule has 0 fully saturated rings. The molecule has 0 spiro atoms. The average molecular weight is 564 g/mol. The van der Waals surface area contributed by atoms with Crippen LogP contribution in [0.5, 0.6) is 0 Å². The van der Waals surface area contributed by atoms with Crippen molar-refractivity contribution < 1.29 is 0 Å². The zero-order valence-corrected chi connectivity index (χ0v) is 17.8. The van der Waals surface area contributed by atoms with Gasteiger partial charge in [0, 0.05) is 22.1 Å². The Kier molecular flexibility index (Phi) is 3.96. The third-order valence-electron chi connectivity index (χ3n) is 4.40. The summed E-state index contributed by atoms with van der Waals surface area (Å²) in [5.41, 5.74) is 4.36. The van der Waals surface area contributed by atoms with Crippen LogP contribution < -0.4 is 21.4 Å². The quantitative estimate of drug-likeness (QED) is 0.237. The molecule has 0 atom stereocenters. The lowest BCUT2D eigenvalue weighted by Gasteiger charge is -1.95. The summed E-state index contributed by atoms with van der Waals surface area (Å²) in [4.78, 5) is 14.0. The molecule has 26 heavy (non-hydrogen) atoms. The molecule has 6 heteroatoms. The first-order valence-electron chi connectivity index (χ1n) is 8.18. The highest BCUT2D eigenvalue weighted by molar-refractivity contribution is 14.1. The highest BCUT2D eigenvalue weighted by Gasteiger charge is 2.06. The minimum absolute atomic E-state index is 1.07. The van der Waals surface area contributed by atoms with E-state index in [1.165, 1.54) is 0 Å². The lowest BCUT2D eigenvalue weighted by atomic mass is 10.3. The van der Waals surface area contributed by atoms with Crippen molar-refractivity contribution in [1.82, 2.24) is 19.9 Å². The van der Waals surface area contributed by atoms with Crippen LogP contribution in [0.1, 0.15) is 22.8 Å². The lowest BCUT2D eigenvalue weighted by molar-refractivity contribution is 1.23. The van der Waals surface area contributed by atoms with E-state index in [9.17, 15) is 0 Å². The van der Waals surface area contributed by atoms with Gasteiger partial charge in [-0.2, -0.15) is 0 Å². The Balaban J connectivity index is 1.85. The summed E-state index contributed by atoms with van der Waals surface area (Å²) in [6, 6.07) is 16.9. The smallest absolute Gasteiger partial charge is 0.0600 e. The van der Waals surface area contributed by atoms with Gasteiger partial charge in [-0.25, -0.2) is 0 Å². The van der Waals surface area contributed by atoms with Crippen molar-refractivity contribution in [3.8, 4) is 0 Å². The van der Waals surface area contributed by atoms with Gasteiger partial charge in [-0.15, -0.1) is 0 Å². The molecule has 128 valence electrons. The molecule has 5 rings (SSSR count). The van der Waals surface area contributed by atoms with Crippen LogP contribution in [-0.2, 0) is 0 Å². The molecule has 8 bridgehead atoms. The molecule has 0 amide bonds. The molecule has 1 aliphatic rings. The van der Waals surface area contributed by atoms with E-state index in [-0.39, 0.29) is 0 Å². The van der Waals surface area contributed by atoms with Gasteiger partial charge in [0.1, 0.15) is 0 Å². The molecule has 0 radical (unpaired) electrons. The first-order valence-corrected chi connectivity index (χ1v) is 10.3. The van der Waals surface area contributed by atoms with Crippen LogP contribution in [0, 0.1) is 0 Å². The van der Waals surface area contributed by atoms with Gasteiger partial charge in [-0.05, 0) is 106 Å². The van der Waals surface area contributed by atoms with Gasteiger partial charge in [0.15, 0.2) is 0 Å². The molecular formula is C20H14I2N4. The fourth-order valence-electron chi connectivity index (χ4n) is 3.12. The lowest BCUT2D eigenvalue weighted by Crippen LogP contribution is -2.13. The molecule has 5 heterocycles. The summed E-state index contributed by atoms with van der Waals surface area (Å²) in [5.74, 6) is 0. The topological polar surface area (TPSA) is 63.2 Å². The van der Waals surface area contributed by atoms with E-state index in [4.69, 9.17) is 0 Å². The number of fused-ring (bicyclic) bond motifs is 8. The molecule has 4 nitrogen and oxygen atoms in total. The van der Waals surface area contributed by atoms with Crippen LogP contribution in [0.2, 0.25) is 0 Å². The Bertz CT molecular complexity index is 1260. The summed E-state index contributed by atoms with van der Waals surface area (Å²) in [6.45, 7) is 0. The van der Waals surface area contributed by atoms with Gasteiger partial charge < -0.3 is 19.9 Å². The van der Waals surface area contributed by atoms with Crippen LogP contribution in [0.15, 0.2) is 48.5 Å². The normalized spacial score (nSPS) is 13.5. The summed E-state index contributed by atoms with van der Waals surface area (Å²) in [6.07, 6.45) is 4.24. The molecular weight excluding hydrogens is 550 g/mol. The summed E-state index contributed by atoms with van der Waals surface area (Å²) >= 11 is 4.78. The summed E-state index contributed by atoms with van der Waals surface area (Å²) in [5, 5.41) is 4.36. The van der Waals surface area contributed by atoms with Crippen molar-refractivity contribution in [2.75, 3.05) is 0 Å². The molecule has 0 saturated heterocycles. The number of hydrogen-bond acceptors (Lipinski definition) is 0. The fraction of sp³-hybridized carbons (Fsp3) is 0. The van der Waals surface area contributed by atoms with Crippen molar-refractivity contribution in [2.45, 2.75) is 0 Å². The number of H-pyrrole nitrogens is 4. The van der Waals surface area contributed by atoms with E-state index < -0.39 is 0 Å². The molecule has 0 aliphatic carbocycles. The first kappa shape index (κ1) is 16.2. The highest BCUT2D eigenvalue weighted by atomic mass is 127. The Labute approximate surface area is 176 Å². The standard InChI is InChI=1S/C20H14I2N4/c21-19-15-5-3-13(24-15)9-11-1-2-12(23-11)10-14-4-6-16(25-14)20(22)18-8-7-17(19)26-18/h1-10,23-26H. The molecule has 0 saturated carbocycles. The zero-order valence-electron chi connectivity index (χ0n) is 13.5. The molecule has 1 aliphatic heterocycles. The van der Waals surface area contributed by atoms with Gasteiger partial charge in [-0.3, -0.25) is 0 Å². The fourth-order valence-corrected chi connectivity index (χ4v) is 4.38. The van der Waals surface area contributed by atoms with Gasteiger partial charge in [-0.1, -0.05) is 0 Å². The largest absolute Gasteiger partial charge is 0.355 e. The minimum Gasteiger partial charge on any atom is -0.355 e.